The lowest BCUT2D eigenvalue weighted by Crippen LogP contribution is -2.27. The summed E-state index contributed by atoms with van der Waals surface area (Å²) in [6.45, 7) is 1.64. The van der Waals surface area contributed by atoms with Crippen LogP contribution in [0.1, 0.15) is 33.6 Å². The fourth-order valence-electron chi connectivity index (χ4n) is 2.80. The summed E-state index contributed by atoms with van der Waals surface area (Å²) < 4.78 is 5.84. The van der Waals surface area contributed by atoms with Gasteiger partial charge in [-0.25, -0.2) is 0 Å². The van der Waals surface area contributed by atoms with E-state index in [2.05, 4.69) is 21.2 Å². The number of methoxy groups -OCH3 is 1. The first-order valence-corrected chi connectivity index (χ1v) is 8.92. The van der Waals surface area contributed by atoms with Crippen LogP contribution in [0.2, 0.25) is 0 Å². The van der Waals surface area contributed by atoms with Crippen molar-refractivity contribution in [1.29, 1.82) is 0 Å². The second-order valence-electron chi connectivity index (χ2n) is 5.88. The molecule has 1 aliphatic rings. The van der Waals surface area contributed by atoms with Crippen LogP contribution in [0.25, 0.3) is 0 Å². The number of nitrogens with one attached hydrogen (secondary N) is 1. The Balaban J connectivity index is 1.71. The molecule has 130 valence electrons. The molecule has 0 bridgehead atoms. The van der Waals surface area contributed by atoms with E-state index < -0.39 is 0 Å². The summed E-state index contributed by atoms with van der Waals surface area (Å²) in [7, 11) is 1.56. The topological polar surface area (TPSA) is 58.6 Å². The van der Waals surface area contributed by atoms with Gasteiger partial charge >= 0.3 is 0 Å². The van der Waals surface area contributed by atoms with Gasteiger partial charge in [-0.15, -0.1) is 0 Å². The Hall–Kier alpha value is -2.34. The molecule has 1 heterocycles. The number of halogens is 1. The second-order valence-corrected chi connectivity index (χ2v) is 6.73. The van der Waals surface area contributed by atoms with E-state index in [1.54, 1.807) is 49.6 Å². The molecule has 0 radical (unpaired) electrons. The minimum absolute atomic E-state index is 0.0471. The van der Waals surface area contributed by atoms with Gasteiger partial charge in [0.05, 0.1) is 12.7 Å². The van der Waals surface area contributed by atoms with Gasteiger partial charge in [0, 0.05) is 28.8 Å². The average molecular weight is 403 g/mol. The molecule has 1 fully saturated rings. The molecule has 0 aromatic heterocycles. The molecule has 2 aromatic rings. The van der Waals surface area contributed by atoms with E-state index >= 15 is 0 Å². The predicted octanol–water partition coefficient (Wildman–Crippen LogP) is 3.95. The van der Waals surface area contributed by atoms with Crippen LogP contribution in [-0.2, 0) is 0 Å². The van der Waals surface area contributed by atoms with Crippen molar-refractivity contribution in [2.24, 2.45) is 0 Å². The van der Waals surface area contributed by atoms with Crippen LogP contribution < -0.4 is 10.1 Å². The third kappa shape index (κ3) is 4.02. The van der Waals surface area contributed by atoms with Crippen LogP contribution in [0.4, 0.5) is 5.69 Å². The third-order valence-corrected chi connectivity index (χ3v) is 4.89. The highest BCUT2D eigenvalue weighted by Crippen LogP contribution is 2.24. The zero-order valence-corrected chi connectivity index (χ0v) is 15.5. The number of amides is 2. The standard InChI is InChI=1S/C19H19BrN2O3/c1-25-15-8-9-17(20)16(12-15)18(23)21-14-6-4-13(5-7-14)19(24)22-10-2-3-11-22/h4-9,12H,2-3,10-11H2,1H3,(H,21,23). The molecule has 2 aromatic carbocycles. The van der Waals surface area contributed by atoms with Crippen molar-refractivity contribution in [2.45, 2.75) is 12.8 Å². The zero-order valence-electron chi connectivity index (χ0n) is 13.9. The van der Waals surface area contributed by atoms with Crippen molar-refractivity contribution in [2.75, 3.05) is 25.5 Å². The predicted molar refractivity (Wildman–Crippen MR) is 100 cm³/mol. The molecule has 1 saturated heterocycles. The highest BCUT2D eigenvalue weighted by atomic mass is 79.9. The number of benzene rings is 2. The Morgan fingerprint density at radius 3 is 2.40 bits per heavy atom. The van der Waals surface area contributed by atoms with E-state index in [4.69, 9.17) is 4.74 Å². The number of likely N-dealkylation sites (tertiary alicyclic amines) is 1. The van der Waals surface area contributed by atoms with Crippen molar-refractivity contribution in [1.82, 2.24) is 4.90 Å². The van der Waals surface area contributed by atoms with Crippen molar-refractivity contribution >= 4 is 33.4 Å². The maximum atomic E-state index is 12.5. The summed E-state index contributed by atoms with van der Waals surface area (Å²) in [4.78, 5) is 26.7. The molecule has 0 unspecified atom stereocenters. The zero-order chi connectivity index (χ0) is 17.8. The van der Waals surface area contributed by atoms with Gasteiger partial charge in [-0.1, -0.05) is 0 Å². The molecule has 1 aliphatic heterocycles. The summed E-state index contributed by atoms with van der Waals surface area (Å²) >= 11 is 3.38. The van der Waals surface area contributed by atoms with E-state index in [1.165, 1.54) is 0 Å². The van der Waals surface area contributed by atoms with Crippen molar-refractivity contribution in [3.8, 4) is 5.75 Å². The Morgan fingerprint density at radius 2 is 1.76 bits per heavy atom. The fraction of sp³-hybridized carbons (Fsp3) is 0.263. The van der Waals surface area contributed by atoms with E-state index in [0.29, 0.717) is 27.0 Å². The highest BCUT2D eigenvalue weighted by molar-refractivity contribution is 9.10. The number of ether oxygens (including phenoxy) is 1. The van der Waals surface area contributed by atoms with E-state index in [-0.39, 0.29) is 11.8 Å². The lowest BCUT2D eigenvalue weighted by molar-refractivity contribution is 0.0792. The summed E-state index contributed by atoms with van der Waals surface area (Å²) in [5.41, 5.74) is 1.76. The van der Waals surface area contributed by atoms with Gasteiger partial charge in [-0.05, 0) is 71.2 Å². The molecule has 0 aliphatic carbocycles. The summed E-state index contributed by atoms with van der Waals surface area (Å²) in [5, 5.41) is 2.84. The number of anilines is 1. The number of carbonyl (C=O) groups is 2. The third-order valence-electron chi connectivity index (χ3n) is 4.20. The van der Waals surface area contributed by atoms with Crippen LogP contribution in [0.15, 0.2) is 46.9 Å². The van der Waals surface area contributed by atoms with Gasteiger partial charge in [-0.2, -0.15) is 0 Å². The maximum Gasteiger partial charge on any atom is 0.256 e. The van der Waals surface area contributed by atoms with Crippen molar-refractivity contribution in [3.63, 3.8) is 0 Å². The Kier molecular flexibility index (Phi) is 5.38. The van der Waals surface area contributed by atoms with Gasteiger partial charge < -0.3 is 15.0 Å². The highest BCUT2D eigenvalue weighted by Gasteiger charge is 2.19. The minimum atomic E-state index is -0.246. The van der Waals surface area contributed by atoms with E-state index in [0.717, 1.165) is 25.9 Å². The van der Waals surface area contributed by atoms with Gasteiger partial charge in [0.1, 0.15) is 5.75 Å². The van der Waals surface area contributed by atoms with E-state index in [1.807, 2.05) is 4.90 Å². The maximum absolute atomic E-state index is 12.5. The van der Waals surface area contributed by atoms with Crippen LogP contribution in [0.5, 0.6) is 5.75 Å². The number of rotatable bonds is 4. The number of nitrogens with zero attached hydrogens (tertiary/aromatic N) is 1. The van der Waals surface area contributed by atoms with Crippen molar-refractivity contribution in [3.05, 3.63) is 58.1 Å². The molecular weight excluding hydrogens is 384 g/mol. The Bertz CT molecular complexity index is 784. The first kappa shape index (κ1) is 17.5. The molecule has 0 atom stereocenters. The number of hydrogen-bond donors (Lipinski definition) is 1. The first-order chi connectivity index (χ1) is 12.1. The molecule has 6 heteroatoms. The van der Waals surface area contributed by atoms with Crippen LogP contribution in [-0.4, -0.2) is 36.9 Å². The van der Waals surface area contributed by atoms with Gasteiger partial charge in [0.25, 0.3) is 11.8 Å². The quantitative estimate of drug-likeness (QED) is 0.841. The lowest BCUT2D eigenvalue weighted by Gasteiger charge is -2.15. The van der Waals surface area contributed by atoms with Crippen molar-refractivity contribution < 1.29 is 14.3 Å². The van der Waals surface area contributed by atoms with Crippen LogP contribution in [0.3, 0.4) is 0 Å². The monoisotopic (exact) mass is 402 g/mol. The average Bonchev–Trinajstić information content (AvgIpc) is 3.17. The Labute approximate surface area is 155 Å². The Morgan fingerprint density at radius 1 is 1.08 bits per heavy atom. The molecular formula is C19H19BrN2O3. The number of carbonyl (C=O) groups excluding carboxylic acids is 2. The molecule has 1 N–H and O–H groups in total. The SMILES string of the molecule is COc1ccc(Br)c(C(=O)Nc2ccc(C(=O)N3CCCC3)cc2)c1. The summed E-state index contributed by atoms with van der Waals surface area (Å²) in [6.07, 6.45) is 2.13. The first-order valence-electron chi connectivity index (χ1n) is 8.13. The molecule has 3 rings (SSSR count). The molecule has 2 amide bonds. The minimum Gasteiger partial charge on any atom is -0.497 e. The lowest BCUT2D eigenvalue weighted by atomic mass is 10.1. The molecule has 5 nitrogen and oxygen atoms in total. The summed E-state index contributed by atoms with van der Waals surface area (Å²) in [6, 6.07) is 12.2. The van der Waals surface area contributed by atoms with Gasteiger partial charge in [0.15, 0.2) is 0 Å². The molecule has 25 heavy (non-hydrogen) atoms. The number of hydrogen-bond acceptors (Lipinski definition) is 3. The van der Waals surface area contributed by atoms with Crippen LogP contribution >= 0.6 is 15.9 Å². The molecule has 0 saturated carbocycles. The summed E-state index contributed by atoms with van der Waals surface area (Å²) in [5.74, 6) is 0.412. The van der Waals surface area contributed by atoms with Gasteiger partial charge in [-0.3, -0.25) is 9.59 Å². The normalized spacial score (nSPS) is 13.6. The van der Waals surface area contributed by atoms with E-state index in [9.17, 15) is 9.59 Å². The largest absolute Gasteiger partial charge is 0.497 e. The smallest absolute Gasteiger partial charge is 0.256 e. The molecule has 0 spiro atoms. The van der Waals surface area contributed by atoms with Crippen LogP contribution in [0, 0.1) is 0 Å². The fourth-order valence-corrected chi connectivity index (χ4v) is 3.23. The van der Waals surface area contributed by atoms with Gasteiger partial charge in [0.2, 0.25) is 0 Å². The second kappa shape index (κ2) is 7.70.